The molecule has 2 aromatic heterocycles. The minimum absolute atomic E-state index is 0.0270. The molecule has 3 rings (SSSR count). The number of rotatable bonds is 6. The van der Waals surface area contributed by atoms with Gasteiger partial charge in [-0.2, -0.15) is 4.98 Å². The molecule has 1 aromatic carbocycles. The van der Waals surface area contributed by atoms with Crippen LogP contribution < -0.4 is 10.6 Å². The van der Waals surface area contributed by atoms with E-state index in [4.69, 9.17) is 8.94 Å². The third-order valence-corrected chi connectivity index (χ3v) is 3.36. The Balaban J connectivity index is 1.56. The summed E-state index contributed by atoms with van der Waals surface area (Å²) >= 11 is 0. The molecule has 2 heterocycles. The second kappa shape index (κ2) is 7.43. The highest BCUT2D eigenvalue weighted by Crippen LogP contribution is 2.12. The molecule has 0 fully saturated rings. The van der Waals surface area contributed by atoms with Gasteiger partial charge in [-0.3, -0.25) is 9.59 Å². The summed E-state index contributed by atoms with van der Waals surface area (Å²) in [4.78, 5) is 28.1. The number of furan rings is 1. The monoisotopic (exact) mass is 340 g/mol. The molecule has 0 saturated carbocycles. The summed E-state index contributed by atoms with van der Waals surface area (Å²) in [5.41, 5.74) is 1.09. The second-order valence-corrected chi connectivity index (χ2v) is 5.35. The molecule has 0 bridgehead atoms. The van der Waals surface area contributed by atoms with Crippen LogP contribution in [-0.4, -0.2) is 22.0 Å². The maximum Gasteiger partial charge on any atom is 0.255 e. The largest absolute Gasteiger partial charge is 0.472 e. The maximum atomic E-state index is 12.0. The van der Waals surface area contributed by atoms with Gasteiger partial charge in [0.2, 0.25) is 11.8 Å². The quantitative estimate of drug-likeness (QED) is 0.712. The van der Waals surface area contributed by atoms with Gasteiger partial charge in [-0.05, 0) is 25.1 Å². The zero-order chi connectivity index (χ0) is 17.6. The topological polar surface area (TPSA) is 110 Å². The van der Waals surface area contributed by atoms with Gasteiger partial charge in [0.05, 0.1) is 18.2 Å². The Bertz CT molecular complexity index is 843. The fourth-order valence-corrected chi connectivity index (χ4v) is 2.12. The lowest BCUT2D eigenvalue weighted by Gasteiger charge is -2.07. The molecule has 2 amide bonds. The van der Waals surface area contributed by atoms with E-state index in [0.717, 1.165) is 0 Å². The molecular formula is C17H16N4O4. The third-order valence-electron chi connectivity index (χ3n) is 3.36. The number of anilines is 1. The number of hydrogen-bond acceptors (Lipinski definition) is 6. The van der Waals surface area contributed by atoms with Crippen LogP contribution in [0.15, 0.2) is 57.9 Å². The van der Waals surface area contributed by atoms with Crippen molar-refractivity contribution in [2.24, 2.45) is 0 Å². The van der Waals surface area contributed by atoms with Crippen molar-refractivity contribution in [1.82, 2.24) is 15.5 Å². The lowest BCUT2D eigenvalue weighted by Crippen LogP contribution is -2.26. The van der Waals surface area contributed by atoms with E-state index in [9.17, 15) is 9.59 Å². The maximum absolute atomic E-state index is 12.0. The van der Waals surface area contributed by atoms with Gasteiger partial charge in [0.15, 0.2) is 5.82 Å². The van der Waals surface area contributed by atoms with E-state index in [1.807, 2.05) is 18.2 Å². The van der Waals surface area contributed by atoms with Crippen molar-refractivity contribution in [2.75, 3.05) is 5.32 Å². The fraction of sp³-hybridized carbons (Fsp3) is 0.176. The zero-order valence-corrected chi connectivity index (χ0v) is 13.4. The molecule has 1 unspecified atom stereocenters. The number of carbonyl (C=O) groups excluding carboxylic acids is 2. The molecule has 1 atom stereocenters. The smallest absolute Gasteiger partial charge is 0.255 e. The van der Waals surface area contributed by atoms with Crippen LogP contribution in [-0.2, 0) is 11.2 Å². The van der Waals surface area contributed by atoms with Crippen LogP contribution in [0.1, 0.15) is 35.0 Å². The fourth-order valence-electron chi connectivity index (χ4n) is 2.12. The Labute approximate surface area is 143 Å². The Hall–Kier alpha value is -3.42. The van der Waals surface area contributed by atoms with Crippen LogP contribution in [0.4, 0.5) is 5.69 Å². The van der Waals surface area contributed by atoms with E-state index >= 15 is 0 Å². The SMILES string of the molecule is CC(NC(=O)c1ccoc1)c1nc(CC(=O)Nc2ccccc2)no1. The van der Waals surface area contributed by atoms with Crippen LogP contribution in [0.3, 0.4) is 0 Å². The van der Waals surface area contributed by atoms with Gasteiger partial charge < -0.3 is 19.6 Å². The molecule has 0 aliphatic rings. The van der Waals surface area contributed by atoms with E-state index in [2.05, 4.69) is 20.8 Å². The van der Waals surface area contributed by atoms with E-state index in [1.54, 1.807) is 25.1 Å². The van der Waals surface area contributed by atoms with Crippen LogP contribution >= 0.6 is 0 Å². The third kappa shape index (κ3) is 4.31. The highest BCUT2D eigenvalue weighted by Gasteiger charge is 2.19. The van der Waals surface area contributed by atoms with Crippen molar-refractivity contribution in [2.45, 2.75) is 19.4 Å². The Kier molecular flexibility index (Phi) is 4.89. The predicted octanol–water partition coefficient (Wildman–Crippen LogP) is 2.33. The summed E-state index contributed by atoms with van der Waals surface area (Å²) in [7, 11) is 0. The van der Waals surface area contributed by atoms with Gasteiger partial charge in [0, 0.05) is 5.69 Å². The number of nitrogens with zero attached hydrogens (tertiary/aromatic N) is 2. The van der Waals surface area contributed by atoms with Crippen LogP contribution in [0.2, 0.25) is 0 Å². The van der Waals surface area contributed by atoms with Gasteiger partial charge in [-0.1, -0.05) is 23.4 Å². The summed E-state index contributed by atoms with van der Waals surface area (Å²) in [5.74, 6) is -0.108. The first-order chi connectivity index (χ1) is 12.1. The second-order valence-electron chi connectivity index (χ2n) is 5.35. The molecule has 8 nitrogen and oxygen atoms in total. The van der Waals surface area contributed by atoms with Crippen molar-refractivity contribution in [3.63, 3.8) is 0 Å². The number of aromatic nitrogens is 2. The van der Waals surface area contributed by atoms with Crippen molar-refractivity contribution >= 4 is 17.5 Å². The summed E-state index contributed by atoms with van der Waals surface area (Å²) in [6.45, 7) is 1.71. The van der Waals surface area contributed by atoms with Crippen LogP contribution in [0, 0.1) is 0 Å². The Morgan fingerprint density at radius 1 is 1.20 bits per heavy atom. The highest BCUT2D eigenvalue weighted by atomic mass is 16.5. The molecular weight excluding hydrogens is 324 g/mol. The molecule has 3 aromatic rings. The van der Waals surface area contributed by atoms with E-state index in [0.29, 0.717) is 11.3 Å². The Morgan fingerprint density at radius 2 is 2.00 bits per heavy atom. The average molecular weight is 340 g/mol. The summed E-state index contributed by atoms with van der Waals surface area (Å²) in [6.07, 6.45) is 2.73. The minimum atomic E-state index is -0.499. The number of amides is 2. The lowest BCUT2D eigenvalue weighted by molar-refractivity contribution is -0.115. The summed E-state index contributed by atoms with van der Waals surface area (Å²) < 4.78 is 9.98. The first kappa shape index (κ1) is 16.4. The van der Waals surface area contributed by atoms with E-state index < -0.39 is 6.04 Å². The molecule has 0 spiro atoms. The minimum Gasteiger partial charge on any atom is -0.472 e. The normalized spacial score (nSPS) is 11.7. The standard InChI is InChI=1S/C17H16N4O4/c1-11(18-16(23)12-7-8-24-10-12)17-20-14(21-25-17)9-15(22)19-13-5-3-2-4-6-13/h2-8,10-11H,9H2,1H3,(H,18,23)(H,19,22). The van der Waals surface area contributed by atoms with E-state index in [-0.39, 0.29) is 30.0 Å². The van der Waals surface area contributed by atoms with E-state index in [1.165, 1.54) is 12.5 Å². The number of carbonyl (C=O) groups is 2. The Morgan fingerprint density at radius 3 is 2.72 bits per heavy atom. The molecule has 2 N–H and O–H groups in total. The molecule has 0 aliphatic heterocycles. The van der Waals surface area contributed by atoms with Gasteiger partial charge in [0.25, 0.3) is 5.91 Å². The number of hydrogen-bond donors (Lipinski definition) is 2. The molecule has 8 heteroatoms. The number of benzene rings is 1. The average Bonchev–Trinajstić information content (AvgIpc) is 3.27. The molecule has 25 heavy (non-hydrogen) atoms. The van der Waals surface area contributed by atoms with Gasteiger partial charge in [0.1, 0.15) is 12.3 Å². The molecule has 0 aliphatic carbocycles. The van der Waals surface area contributed by atoms with Crippen LogP contribution in [0.25, 0.3) is 0 Å². The van der Waals surface area contributed by atoms with Crippen molar-refractivity contribution in [3.8, 4) is 0 Å². The van der Waals surface area contributed by atoms with Gasteiger partial charge in [-0.15, -0.1) is 0 Å². The van der Waals surface area contributed by atoms with Gasteiger partial charge >= 0.3 is 0 Å². The van der Waals surface area contributed by atoms with Gasteiger partial charge in [-0.25, -0.2) is 0 Å². The number of nitrogens with one attached hydrogen (secondary N) is 2. The summed E-state index contributed by atoms with van der Waals surface area (Å²) in [5, 5.41) is 9.22. The molecule has 0 saturated heterocycles. The first-order valence-electron chi connectivity index (χ1n) is 7.62. The summed E-state index contributed by atoms with van der Waals surface area (Å²) in [6, 6.07) is 10.1. The predicted molar refractivity (Wildman–Crippen MR) is 87.7 cm³/mol. The highest BCUT2D eigenvalue weighted by molar-refractivity contribution is 5.94. The van der Waals surface area contributed by atoms with Crippen molar-refractivity contribution in [3.05, 3.63) is 66.2 Å². The first-order valence-corrected chi connectivity index (χ1v) is 7.62. The van der Waals surface area contributed by atoms with Crippen LogP contribution in [0.5, 0.6) is 0 Å². The molecule has 0 radical (unpaired) electrons. The zero-order valence-electron chi connectivity index (χ0n) is 13.4. The van der Waals surface area contributed by atoms with Crippen molar-refractivity contribution in [1.29, 1.82) is 0 Å². The lowest BCUT2D eigenvalue weighted by atomic mass is 10.2. The molecule has 128 valence electrons. The number of para-hydroxylation sites is 1. The van der Waals surface area contributed by atoms with Crippen molar-refractivity contribution < 1.29 is 18.5 Å².